The molecular formula is C67H98O6. The first-order chi connectivity index (χ1) is 36.0. The van der Waals surface area contributed by atoms with Gasteiger partial charge in [-0.1, -0.05) is 254 Å². The van der Waals surface area contributed by atoms with E-state index in [-0.39, 0.29) is 44.4 Å². The molecule has 0 aromatic heterocycles. The SMILES string of the molecule is CC\C=C/C=C\C=C/C=C\C=C\C=C/C=C\CCCCCC(=O)OCC(COC(=O)CCC/C=C\C/C=C\C/C=C\CCCCCCCC)OC(=O)CC/C=C\C/C=C\C/C=C\C/C=C\C/C=C\C/C=C\CC. The van der Waals surface area contributed by atoms with E-state index >= 15 is 0 Å². The highest BCUT2D eigenvalue weighted by Crippen LogP contribution is 2.10. The van der Waals surface area contributed by atoms with Gasteiger partial charge in [-0.3, -0.25) is 14.4 Å². The minimum Gasteiger partial charge on any atom is -0.462 e. The van der Waals surface area contributed by atoms with Crippen molar-refractivity contribution in [1.82, 2.24) is 0 Å². The van der Waals surface area contributed by atoms with Crippen LogP contribution in [0.4, 0.5) is 0 Å². The van der Waals surface area contributed by atoms with Gasteiger partial charge in [-0.2, -0.15) is 0 Å². The Balaban J connectivity index is 4.73. The van der Waals surface area contributed by atoms with Crippen LogP contribution in [0.15, 0.2) is 194 Å². The number of ether oxygens (including phenoxy) is 3. The molecule has 0 aromatic rings. The maximum absolute atomic E-state index is 12.8. The number of allylic oxidation sites excluding steroid dienone is 32. The molecule has 0 aliphatic carbocycles. The van der Waals surface area contributed by atoms with Crippen LogP contribution in [0.1, 0.15) is 188 Å². The lowest BCUT2D eigenvalue weighted by Gasteiger charge is -2.18. The van der Waals surface area contributed by atoms with Gasteiger partial charge in [0, 0.05) is 19.3 Å². The number of carbonyl (C=O) groups excluding carboxylic acids is 3. The minimum atomic E-state index is -0.871. The first kappa shape index (κ1) is 67.2. The Labute approximate surface area is 446 Å². The number of hydrogen-bond donors (Lipinski definition) is 0. The molecule has 6 heteroatoms. The topological polar surface area (TPSA) is 78.9 Å². The molecule has 0 fully saturated rings. The second-order valence-corrected chi connectivity index (χ2v) is 17.6. The number of carbonyl (C=O) groups is 3. The summed E-state index contributed by atoms with van der Waals surface area (Å²) < 4.78 is 16.7. The van der Waals surface area contributed by atoms with Crippen LogP contribution in [0.3, 0.4) is 0 Å². The van der Waals surface area contributed by atoms with Gasteiger partial charge in [-0.25, -0.2) is 0 Å². The number of unbranched alkanes of at least 4 members (excludes halogenated alkanes) is 10. The molecule has 0 aromatic carbocycles. The zero-order chi connectivity index (χ0) is 52.9. The Bertz CT molecular complexity index is 1810. The summed E-state index contributed by atoms with van der Waals surface area (Å²) in [5.74, 6) is -1.15. The van der Waals surface area contributed by atoms with Gasteiger partial charge in [0.15, 0.2) is 6.10 Å². The average Bonchev–Trinajstić information content (AvgIpc) is 3.39. The van der Waals surface area contributed by atoms with Gasteiger partial charge in [0.1, 0.15) is 13.2 Å². The summed E-state index contributed by atoms with van der Waals surface area (Å²) in [5.41, 5.74) is 0. The first-order valence-corrected chi connectivity index (χ1v) is 28.0. The largest absolute Gasteiger partial charge is 0.462 e. The first-order valence-electron chi connectivity index (χ1n) is 28.0. The maximum atomic E-state index is 12.8. The van der Waals surface area contributed by atoms with Crippen LogP contribution >= 0.6 is 0 Å². The van der Waals surface area contributed by atoms with Crippen LogP contribution in [-0.2, 0) is 28.6 Å². The van der Waals surface area contributed by atoms with Crippen molar-refractivity contribution >= 4 is 17.9 Å². The third-order valence-corrected chi connectivity index (χ3v) is 10.8. The fourth-order valence-electron chi connectivity index (χ4n) is 6.64. The predicted octanol–water partition coefficient (Wildman–Crippen LogP) is 19.1. The summed E-state index contributed by atoms with van der Waals surface area (Å²) in [6.07, 6.45) is 90.0. The lowest BCUT2D eigenvalue weighted by Crippen LogP contribution is -2.30. The lowest BCUT2D eigenvalue weighted by molar-refractivity contribution is -0.166. The Kier molecular flexibility index (Phi) is 54.2. The van der Waals surface area contributed by atoms with Gasteiger partial charge in [0.25, 0.3) is 0 Å². The normalized spacial score (nSPS) is 13.6. The summed E-state index contributed by atoms with van der Waals surface area (Å²) in [4.78, 5) is 38.1. The van der Waals surface area contributed by atoms with Gasteiger partial charge in [-0.05, 0) is 109 Å². The molecule has 73 heavy (non-hydrogen) atoms. The molecule has 0 saturated heterocycles. The van der Waals surface area contributed by atoms with Crippen molar-refractivity contribution in [2.24, 2.45) is 0 Å². The van der Waals surface area contributed by atoms with Crippen LogP contribution in [0.5, 0.6) is 0 Å². The minimum absolute atomic E-state index is 0.159. The van der Waals surface area contributed by atoms with Gasteiger partial charge in [-0.15, -0.1) is 0 Å². The highest BCUT2D eigenvalue weighted by atomic mass is 16.6. The molecule has 1 atom stereocenters. The Hall–Kier alpha value is -5.75. The number of hydrogen-bond acceptors (Lipinski definition) is 6. The van der Waals surface area contributed by atoms with E-state index in [1.807, 2.05) is 85.1 Å². The third kappa shape index (κ3) is 57.0. The fraction of sp³-hybridized carbons (Fsp3) is 0.478. The summed E-state index contributed by atoms with van der Waals surface area (Å²) in [7, 11) is 0. The van der Waals surface area contributed by atoms with E-state index in [2.05, 4.69) is 130 Å². The van der Waals surface area contributed by atoms with Gasteiger partial charge in [0.05, 0.1) is 0 Å². The third-order valence-electron chi connectivity index (χ3n) is 10.8. The average molecular weight is 1000 g/mol. The van der Waals surface area contributed by atoms with Crippen LogP contribution < -0.4 is 0 Å². The second kappa shape index (κ2) is 58.8. The Morgan fingerprint density at radius 3 is 1.11 bits per heavy atom. The molecular weight excluding hydrogens is 901 g/mol. The maximum Gasteiger partial charge on any atom is 0.306 e. The van der Waals surface area contributed by atoms with Crippen LogP contribution in [-0.4, -0.2) is 37.2 Å². The van der Waals surface area contributed by atoms with Crippen molar-refractivity contribution in [3.05, 3.63) is 194 Å². The van der Waals surface area contributed by atoms with Gasteiger partial charge >= 0.3 is 17.9 Å². The van der Waals surface area contributed by atoms with Crippen LogP contribution in [0, 0.1) is 0 Å². The fourth-order valence-corrected chi connectivity index (χ4v) is 6.64. The monoisotopic (exact) mass is 999 g/mol. The highest BCUT2D eigenvalue weighted by Gasteiger charge is 2.19. The second-order valence-electron chi connectivity index (χ2n) is 17.6. The van der Waals surface area contributed by atoms with E-state index < -0.39 is 12.1 Å². The molecule has 402 valence electrons. The Morgan fingerprint density at radius 1 is 0.301 bits per heavy atom. The van der Waals surface area contributed by atoms with E-state index in [4.69, 9.17) is 14.2 Å². The van der Waals surface area contributed by atoms with Crippen LogP contribution in [0.25, 0.3) is 0 Å². The molecule has 0 bridgehead atoms. The molecule has 0 rings (SSSR count). The van der Waals surface area contributed by atoms with Gasteiger partial charge in [0.2, 0.25) is 0 Å². The molecule has 0 radical (unpaired) electrons. The molecule has 0 amide bonds. The van der Waals surface area contributed by atoms with Crippen LogP contribution in [0.2, 0.25) is 0 Å². The van der Waals surface area contributed by atoms with E-state index in [9.17, 15) is 14.4 Å². The summed E-state index contributed by atoms with van der Waals surface area (Å²) >= 11 is 0. The highest BCUT2D eigenvalue weighted by molar-refractivity contribution is 5.71. The van der Waals surface area contributed by atoms with E-state index in [1.165, 1.54) is 44.9 Å². The van der Waals surface area contributed by atoms with E-state index in [0.717, 1.165) is 83.5 Å². The number of esters is 3. The zero-order valence-electron chi connectivity index (χ0n) is 45.8. The molecule has 0 saturated carbocycles. The van der Waals surface area contributed by atoms with Crippen molar-refractivity contribution in [1.29, 1.82) is 0 Å². The van der Waals surface area contributed by atoms with E-state index in [0.29, 0.717) is 19.3 Å². The summed E-state index contributed by atoms with van der Waals surface area (Å²) in [6.45, 7) is 6.19. The number of rotatable bonds is 47. The zero-order valence-corrected chi connectivity index (χ0v) is 45.8. The van der Waals surface area contributed by atoms with Crippen molar-refractivity contribution in [3.8, 4) is 0 Å². The smallest absolute Gasteiger partial charge is 0.306 e. The van der Waals surface area contributed by atoms with Crippen molar-refractivity contribution in [2.75, 3.05) is 13.2 Å². The molecule has 0 aliphatic rings. The molecule has 0 spiro atoms. The van der Waals surface area contributed by atoms with E-state index in [1.54, 1.807) is 0 Å². The molecule has 0 aliphatic heterocycles. The van der Waals surface area contributed by atoms with Crippen molar-refractivity contribution in [2.45, 2.75) is 194 Å². The summed E-state index contributed by atoms with van der Waals surface area (Å²) in [6, 6.07) is 0. The van der Waals surface area contributed by atoms with Gasteiger partial charge < -0.3 is 14.2 Å². The molecule has 0 N–H and O–H groups in total. The quantitative estimate of drug-likeness (QED) is 0.0199. The molecule has 0 heterocycles. The summed E-state index contributed by atoms with van der Waals surface area (Å²) in [5, 5.41) is 0. The van der Waals surface area contributed by atoms with Crippen molar-refractivity contribution < 1.29 is 28.6 Å². The molecule has 1 unspecified atom stereocenters. The Morgan fingerprint density at radius 2 is 0.644 bits per heavy atom. The standard InChI is InChI=1S/C67H98O6/c1-4-7-10-13-16-19-22-25-28-31-33-36-39-42-45-48-51-54-57-60-66(69)72-63-64(62-71-65(68)59-56-53-50-47-44-41-38-35-30-27-24-21-18-15-12-9-6-3)73-67(70)61-58-55-52-49-46-43-40-37-34-32-29-26-23-20-17-14-11-8-5-2/h7-8,10-11,13,16-17,19-20,22,25-31,33-34,36-39,41-43,45-47,50,52,55,64H,4-6,9,12,14-15,18,21,23-24,32,35,40,44,48-49,51,53-54,56-63H2,1-3H3/b10-7-,11-8-,16-13-,20-17-,22-19-,28-25-,29-26-,30-27-,33-31+,37-34-,39-36-,41-38-,45-42-,46-43-,50-47-,55-52-. The molecule has 6 nitrogen and oxygen atoms in total. The lowest BCUT2D eigenvalue weighted by atomic mass is 10.1. The van der Waals surface area contributed by atoms with Crippen molar-refractivity contribution in [3.63, 3.8) is 0 Å². The predicted molar refractivity (Wildman–Crippen MR) is 315 cm³/mol.